The van der Waals surface area contributed by atoms with Crippen LogP contribution >= 0.6 is 22.9 Å². The number of carbonyl (C=O) groups excluding carboxylic acids is 2. The normalized spacial score (nSPS) is 17.1. The number of hydrogen-bond donors (Lipinski definition) is 1. The minimum Gasteiger partial charge on any atom is -0.444 e. The number of nitrogens with one attached hydrogen (secondary N) is 1. The lowest BCUT2D eigenvalue weighted by Crippen LogP contribution is -2.50. The molecule has 1 saturated heterocycles. The van der Waals surface area contributed by atoms with E-state index in [-0.39, 0.29) is 24.4 Å². The van der Waals surface area contributed by atoms with Crippen LogP contribution in [0, 0.1) is 5.82 Å². The van der Waals surface area contributed by atoms with Crippen LogP contribution in [0.5, 0.6) is 0 Å². The van der Waals surface area contributed by atoms with E-state index in [4.69, 9.17) is 16.3 Å². The molecule has 1 fully saturated rings. The van der Waals surface area contributed by atoms with E-state index < -0.39 is 29.5 Å². The number of piperazine rings is 1. The first-order valence-corrected chi connectivity index (χ1v) is 16.8. The van der Waals surface area contributed by atoms with Gasteiger partial charge in [-0.3, -0.25) is 14.8 Å². The number of nitrogens with zero attached hydrogens (tertiary/aromatic N) is 7. The molecule has 11 nitrogen and oxygen atoms in total. The van der Waals surface area contributed by atoms with E-state index in [9.17, 15) is 14.0 Å². The zero-order valence-corrected chi connectivity index (χ0v) is 28.1. The van der Waals surface area contributed by atoms with Crippen molar-refractivity contribution in [2.45, 2.75) is 51.6 Å². The molecule has 250 valence electrons. The maximum Gasteiger partial charge on any atom is 0.410 e. The van der Waals surface area contributed by atoms with Gasteiger partial charge >= 0.3 is 6.09 Å². The Bertz CT molecular complexity index is 2000. The molecule has 5 aromatic rings. The van der Waals surface area contributed by atoms with Crippen LogP contribution in [-0.4, -0.2) is 79.2 Å². The molecule has 1 N–H and O–H groups in total. The van der Waals surface area contributed by atoms with Crippen LogP contribution in [-0.2, 0) is 22.5 Å². The molecule has 0 bridgehead atoms. The predicted molar refractivity (Wildman–Crippen MR) is 180 cm³/mol. The second-order valence-corrected chi connectivity index (χ2v) is 14.2. The molecule has 2 aliphatic rings. The molecule has 2 aromatic carbocycles. The number of amides is 2. The molecule has 0 spiro atoms. The summed E-state index contributed by atoms with van der Waals surface area (Å²) in [5.41, 5.74) is 2.77. The molecular weight excluding hydrogens is 662 g/mol. The SMILES string of the molecule is CC(C)(C)OC(=O)N1CCN(c2ccc(-c3cc(F)c4cn(C(C(=O)Nc5nccs5)c5ncn6c5C[C@@H](F)C6)nc4c3)cc2Cl)CC1. The van der Waals surface area contributed by atoms with Crippen LogP contribution in [0.2, 0.25) is 5.02 Å². The number of rotatable bonds is 6. The number of ether oxygens (including phenoxy) is 1. The number of aromatic nitrogens is 5. The third-order valence-corrected chi connectivity index (χ3v) is 9.36. The molecule has 0 radical (unpaired) electrons. The Morgan fingerprint density at radius 3 is 2.60 bits per heavy atom. The van der Waals surface area contributed by atoms with Crippen LogP contribution < -0.4 is 10.2 Å². The van der Waals surface area contributed by atoms with Crippen molar-refractivity contribution in [1.82, 2.24) is 29.2 Å². The summed E-state index contributed by atoms with van der Waals surface area (Å²) in [4.78, 5) is 38.5. The molecular formula is C33H33ClF2N8O3S. The lowest BCUT2D eigenvalue weighted by Gasteiger charge is -2.37. The summed E-state index contributed by atoms with van der Waals surface area (Å²) in [5.74, 6) is -0.998. The first-order chi connectivity index (χ1) is 22.9. The number of thiazole rings is 1. The fourth-order valence-corrected chi connectivity index (χ4v) is 6.98. The fourth-order valence-electron chi connectivity index (χ4n) is 6.14. The topological polar surface area (TPSA) is 110 Å². The fraction of sp³-hybridized carbons (Fsp3) is 0.364. The Labute approximate surface area is 284 Å². The van der Waals surface area contributed by atoms with Crippen molar-refractivity contribution in [2.75, 3.05) is 36.4 Å². The predicted octanol–water partition coefficient (Wildman–Crippen LogP) is 6.33. The number of fused-ring (bicyclic) bond motifs is 2. The zero-order valence-electron chi connectivity index (χ0n) is 26.5. The van der Waals surface area contributed by atoms with Crippen LogP contribution in [0.4, 0.5) is 24.4 Å². The second-order valence-electron chi connectivity index (χ2n) is 12.9. The van der Waals surface area contributed by atoms with Crippen molar-refractivity contribution in [3.63, 3.8) is 0 Å². The maximum atomic E-state index is 15.7. The first-order valence-electron chi connectivity index (χ1n) is 15.5. The highest BCUT2D eigenvalue weighted by atomic mass is 35.5. The minimum atomic E-state index is -1.09. The number of carbonyl (C=O) groups is 2. The summed E-state index contributed by atoms with van der Waals surface area (Å²) in [6.45, 7) is 7.84. The van der Waals surface area contributed by atoms with Gasteiger partial charge in [0.1, 0.15) is 17.6 Å². The van der Waals surface area contributed by atoms with Gasteiger partial charge in [0.25, 0.3) is 5.91 Å². The largest absolute Gasteiger partial charge is 0.444 e. The molecule has 48 heavy (non-hydrogen) atoms. The number of halogens is 3. The number of benzene rings is 2. The van der Waals surface area contributed by atoms with Crippen LogP contribution in [0.1, 0.15) is 38.2 Å². The third kappa shape index (κ3) is 6.33. The molecule has 2 aliphatic heterocycles. The summed E-state index contributed by atoms with van der Waals surface area (Å²) in [6.07, 6.45) is 3.26. The van der Waals surface area contributed by atoms with Crippen molar-refractivity contribution in [3.05, 3.63) is 76.7 Å². The highest BCUT2D eigenvalue weighted by Gasteiger charge is 2.34. The molecule has 7 rings (SSSR count). The molecule has 1 unspecified atom stereocenters. The highest BCUT2D eigenvalue weighted by molar-refractivity contribution is 7.13. The molecule has 5 heterocycles. The molecule has 0 saturated carbocycles. The van der Waals surface area contributed by atoms with E-state index in [0.29, 0.717) is 64.4 Å². The minimum absolute atomic E-state index is 0.117. The van der Waals surface area contributed by atoms with Gasteiger partial charge < -0.3 is 19.1 Å². The summed E-state index contributed by atoms with van der Waals surface area (Å²) in [6, 6.07) is 7.59. The highest BCUT2D eigenvalue weighted by Crippen LogP contribution is 2.35. The third-order valence-electron chi connectivity index (χ3n) is 8.37. The van der Waals surface area contributed by atoms with Crippen LogP contribution in [0.15, 0.2) is 54.4 Å². The number of hydrogen-bond acceptors (Lipinski definition) is 8. The lowest BCUT2D eigenvalue weighted by molar-refractivity contribution is -0.118. The number of alkyl halides is 1. The quantitative estimate of drug-likeness (QED) is 0.221. The van der Waals surface area contributed by atoms with Gasteiger partial charge in [0, 0.05) is 56.1 Å². The van der Waals surface area contributed by atoms with E-state index in [1.165, 1.54) is 34.6 Å². The second kappa shape index (κ2) is 12.5. The zero-order chi connectivity index (χ0) is 33.7. The van der Waals surface area contributed by atoms with Gasteiger partial charge in [-0.1, -0.05) is 17.7 Å². The molecule has 0 aliphatic carbocycles. The smallest absolute Gasteiger partial charge is 0.410 e. The average Bonchev–Trinajstić information content (AvgIpc) is 3.83. The Balaban J connectivity index is 1.15. The molecule has 2 amide bonds. The van der Waals surface area contributed by atoms with Gasteiger partial charge in [0.2, 0.25) is 0 Å². The van der Waals surface area contributed by atoms with E-state index >= 15 is 4.39 Å². The summed E-state index contributed by atoms with van der Waals surface area (Å²) >= 11 is 8.02. The Kier molecular flexibility index (Phi) is 8.32. The monoisotopic (exact) mass is 694 g/mol. The van der Waals surface area contributed by atoms with Gasteiger partial charge in [-0.2, -0.15) is 5.10 Å². The van der Waals surface area contributed by atoms with E-state index in [2.05, 4.69) is 25.3 Å². The standard InChI is InChI=1S/C33H33ClF2N8O3S/c1-33(2,3)47-32(46)42-9-7-41(8-10-42)26-5-4-19(12-23(26)34)20-13-24(36)22-17-44(40-25(22)14-20)29(30(45)39-31-37-6-11-48-31)28-27-15-21(35)16-43(27)18-38-28/h4-6,11-14,17-18,21,29H,7-10,15-16H2,1-3H3,(H,37,39,45)/t21-,29?/m1/s1. The van der Waals surface area contributed by atoms with Gasteiger partial charge in [-0.25, -0.2) is 23.5 Å². The van der Waals surface area contributed by atoms with Crippen molar-refractivity contribution in [2.24, 2.45) is 0 Å². The molecule has 2 atom stereocenters. The molecule has 3 aromatic heterocycles. The van der Waals surface area contributed by atoms with Gasteiger partial charge in [-0.15, -0.1) is 11.3 Å². The van der Waals surface area contributed by atoms with Crippen LogP contribution in [0.3, 0.4) is 0 Å². The summed E-state index contributed by atoms with van der Waals surface area (Å²) in [7, 11) is 0. The maximum absolute atomic E-state index is 15.7. The van der Waals surface area contributed by atoms with Crippen molar-refractivity contribution in [3.8, 4) is 11.1 Å². The average molecular weight is 695 g/mol. The van der Waals surface area contributed by atoms with Gasteiger partial charge in [0.05, 0.1) is 40.2 Å². The first kappa shape index (κ1) is 32.0. The van der Waals surface area contributed by atoms with Crippen LogP contribution in [0.25, 0.3) is 22.0 Å². The Morgan fingerprint density at radius 2 is 1.90 bits per heavy atom. The van der Waals surface area contributed by atoms with Crippen molar-refractivity contribution < 1.29 is 23.1 Å². The Hall–Kier alpha value is -4.56. The van der Waals surface area contributed by atoms with Crippen molar-refractivity contribution in [1.29, 1.82) is 0 Å². The summed E-state index contributed by atoms with van der Waals surface area (Å²) in [5, 5.41) is 10.3. The number of imidazole rings is 1. The number of anilines is 2. The van der Waals surface area contributed by atoms with E-state index in [0.717, 1.165) is 5.69 Å². The lowest BCUT2D eigenvalue weighted by atomic mass is 10.0. The van der Waals surface area contributed by atoms with Crippen molar-refractivity contribution >= 4 is 56.7 Å². The van der Waals surface area contributed by atoms with E-state index in [1.807, 2.05) is 32.9 Å². The molecule has 15 heteroatoms. The van der Waals surface area contributed by atoms with Gasteiger partial charge in [0.15, 0.2) is 11.2 Å². The van der Waals surface area contributed by atoms with Gasteiger partial charge in [-0.05, 0) is 56.2 Å². The summed E-state index contributed by atoms with van der Waals surface area (Å²) < 4.78 is 38.6. The Morgan fingerprint density at radius 1 is 1.10 bits per heavy atom. The van der Waals surface area contributed by atoms with E-state index in [1.54, 1.807) is 33.2 Å².